The van der Waals surface area contributed by atoms with E-state index in [1.807, 2.05) is 0 Å². The standard InChI is InChI=1S/C18H21N3O7/c1-27-11-4-2-3-10(5-11)7-19-16(24)12-8-21(18(26)20-17(12)25)15-6-13(23)14(9-22)28-15/h2-5,8,13-15,22-23H,6-7,9H2,1H3,(H,19,24)(H,20,25,26)/t13-,14+,15+/m0/s1. The molecule has 0 saturated carbocycles. The van der Waals surface area contributed by atoms with Gasteiger partial charge in [-0.15, -0.1) is 0 Å². The van der Waals surface area contributed by atoms with E-state index in [4.69, 9.17) is 14.6 Å². The van der Waals surface area contributed by atoms with Crippen molar-refractivity contribution in [1.82, 2.24) is 14.9 Å². The molecule has 3 rings (SSSR count). The highest BCUT2D eigenvalue weighted by atomic mass is 16.5. The van der Waals surface area contributed by atoms with Crippen molar-refractivity contribution in [2.75, 3.05) is 13.7 Å². The van der Waals surface area contributed by atoms with Crippen LogP contribution in [0.5, 0.6) is 5.75 Å². The van der Waals surface area contributed by atoms with Crippen LogP contribution in [0.3, 0.4) is 0 Å². The fourth-order valence-corrected chi connectivity index (χ4v) is 2.97. The Morgan fingerprint density at radius 3 is 2.89 bits per heavy atom. The Kier molecular flexibility index (Phi) is 5.93. The molecule has 0 aliphatic carbocycles. The number of benzene rings is 1. The van der Waals surface area contributed by atoms with Gasteiger partial charge >= 0.3 is 5.69 Å². The van der Waals surface area contributed by atoms with Crippen molar-refractivity contribution in [3.05, 3.63) is 62.4 Å². The maximum absolute atomic E-state index is 12.4. The molecule has 1 fully saturated rings. The van der Waals surface area contributed by atoms with Crippen LogP contribution in [0.1, 0.15) is 28.6 Å². The van der Waals surface area contributed by atoms with Gasteiger partial charge in [0.05, 0.1) is 19.8 Å². The Bertz CT molecular complexity index is 968. The summed E-state index contributed by atoms with van der Waals surface area (Å²) in [5.74, 6) is -0.0383. The first-order valence-electron chi connectivity index (χ1n) is 8.64. The average Bonchev–Trinajstić information content (AvgIpc) is 3.06. The maximum atomic E-state index is 12.4. The molecule has 0 bridgehead atoms. The van der Waals surface area contributed by atoms with Gasteiger partial charge in [0.15, 0.2) is 0 Å². The highest BCUT2D eigenvalue weighted by Crippen LogP contribution is 2.27. The number of nitrogens with zero attached hydrogens (tertiary/aromatic N) is 1. The van der Waals surface area contributed by atoms with Gasteiger partial charge in [-0.2, -0.15) is 0 Å². The fraction of sp³-hybridized carbons (Fsp3) is 0.389. The van der Waals surface area contributed by atoms with Crippen molar-refractivity contribution in [3.8, 4) is 5.75 Å². The molecule has 1 saturated heterocycles. The lowest BCUT2D eigenvalue weighted by Gasteiger charge is -2.15. The third kappa shape index (κ3) is 4.14. The minimum Gasteiger partial charge on any atom is -0.497 e. The van der Waals surface area contributed by atoms with Gasteiger partial charge in [-0.3, -0.25) is 19.1 Å². The maximum Gasteiger partial charge on any atom is 0.330 e. The predicted molar refractivity (Wildman–Crippen MR) is 97.1 cm³/mol. The van der Waals surface area contributed by atoms with E-state index in [0.717, 1.165) is 16.3 Å². The number of ether oxygens (including phenoxy) is 2. The van der Waals surface area contributed by atoms with Crippen LogP contribution in [0.25, 0.3) is 0 Å². The van der Waals surface area contributed by atoms with Crippen LogP contribution < -0.4 is 21.3 Å². The summed E-state index contributed by atoms with van der Waals surface area (Å²) in [5.41, 5.74) is -1.11. The van der Waals surface area contributed by atoms with Crippen LogP contribution >= 0.6 is 0 Å². The fourth-order valence-electron chi connectivity index (χ4n) is 2.97. The van der Waals surface area contributed by atoms with Gasteiger partial charge in [0, 0.05) is 19.2 Å². The second-order valence-electron chi connectivity index (χ2n) is 6.36. The monoisotopic (exact) mass is 391 g/mol. The summed E-state index contributed by atoms with van der Waals surface area (Å²) in [7, 11) is 1.53. The number of amides is 1. The summed E-state index contributed by atoms with van der Waals surface area (Å²) in [5, 5.41) is 21.6. The molecule has 1 aromatic carbocycles. The number of carbonyl (C=O) groups is 1. The van der Waals surface area contributed by atoms with Crippen molar-refractivity contribution in [3.63, 3.8) is 0 Å². The SMILES string of the molecule is COc1cccc(CNC(=O)c2cn([C@H]3C[C@H](O)[C@@H](CO)O3)c(=O)[nH]c2=O)c1. The molecule has 1 aliphatic heterocycles. The summed E-state index contributed by atoms with van der Waals surface area (Å²) in [6, 6.07) is 7.07. The zero-order valence-electron chi connectivity index (χ0n) is 15.1. The second kappa shape index (κ2) is 8.38. The molecule has 28 heavy (non-hydrogen) atoms. The highest BCUT2D eigenvalue weighted by Gasteiger charge is 2.35. The Morgan fingerprint density at radius 2 is 2.21 bits per heavy atom. The second-order valence-corrected chi connectivity index (χ2v) is 6.36. The zero-order chi connectivity index (χ0) is 20.3. The van der Waals surface area contributed by atoms with Crippen molar-refractivity contribution in [1.29, 1.82) is 0 Å². The van der Waals surface area contributed by atoms with Gasteiger partial charge < -0.3 is 25.0 Å². The van der Waals surface area contributed by atoms with Gasteiger partial charge in [-0.1, -0.05) is 12.1 Å². The quantitative estimate of drug-likeness (QED) is 0.500. The lowest BCUT2D eigenvalue weighted by atomic mass is 10.2. The van der Waals surface area contributed by atoms with Crippen molar-refractivity contribution in [2.24, 2.45) is 0 Å². The van der Waals surface area contributed by atoms with E-state index in [9.17, 15) is 19.5 Å². The number of hydrogen-bond donors (Lipinski definition) is 4. The molecule has 1 aromatic heterocycles. The number of carbonyl (C=O) groups excluding carboxylic acids is 1. The molecule has 10 nitrogen and oxygen atoms in total. The van der Waals surface area contributed by atoms with Gasteiger partial charge in [0.1, 0.15) is 23.6 Å². The van der Waals surface area contributed by atoms with E-state index in [1.165, 1.54) is 7.11 Å². The molecule has 2 heterocycles. The minimum atomic E-state index is -0.959. The van der Waals surface area contributed by atoms with E-state index < -0.39 is 42.2 Å². The van der Waals surface area contributed by atoms with Gasteiger partial charge in [-0.05, 0) is 17.7 Å². The average molecular weight is 391 g/mol. The number of methoxy groups -OCH3 is 1. The molecule has 0 radical (unpaired) electrons. The number of rotatable bonds is 6. The summed E-state index contributed by atoms with van der Waals surface area (Å²) < 4.78 is 11.6. The molecule has 0 unspecified atom stereocenters. The first-order chi connectivity index (χ1) is 13.4. The van der Waals surface area contributed by atoms with Crippen LogP contribution in [0.2, 0.25) is 0 Å². The van der Waals surface area contributed by atoms with Crippen molar-refractivity contribution in [2.45, 2.75) is 31.4 Å². The Labute approximate surface area is 159 Å². The molecular weight excluding hydrogens is 370 g/mol. The van der Waals surface area contributed by atoms with Crippen LogP contribution in [0.15, 0.2) is 40.1 Å². The highest BCUT2D eigenvalue weighted by molar-refractivity contribution is 5.93. The van der Waals surface area contributed by atoms with E-state index in [2.05, 4.69) is 10.3 Å². The Balaban J connectivity index is 1.78. The molecule has 4 N–H and O–H groups in total. The number of aliphatic hydroxyl groups excluding tert-OH is 2. The largest absolute Gasteiger partial charge is 0.497 e. The summed E-state index contributed by atoms with van der Waals surface area (Å²) >= 11 is 0. The van der Waals surface area contributed by atoms with E-state index in [0.29, 0.717) is 5.75 Å². The molecular formula is C18H21N3O7. The van der Waals surface area contributed by atoms with Gasteiger partial charge in [-0.25, -0.2) is 4.79 Å². The zero-order valence-corrected chi connectivity index (χ0v) is 15.1. The summed E-state index contributed by atoms with van der Waals surface area (Å²) in [6.45, 7) is -0.260. The number of aromatic nitrogens is 2. The summed E-state index contributed by atoms with van der Waals surface area (Å²) in [6.07, 6.45) is -1.56. The lowest BCUT2D eigenvalue weighted by Crippen LogP contribution is -2.38. The number of H-pyrrole nitrogens is 1. The Hall–Kier alpha value is -2.95. The third-order valence-electron chi connectivity index (χ3n) is 4.49. The molecule has 1 aliphatic rings. The van der Waals surface area contributed by atoms with Gasteiger partial charge in [0.2, 0.25) is 0 Å². The van der Waals surface area contributed by atoms with Crippen LogP contribution in [0.4, 0.5) is 0 Å². The third-order valence-corrected chi connectivity index (χ3v) is 4.49. The molecule has 2 aromatic rings. The predicted octanol–water partition coefficient (Wildman–Crippen LogP) is -0.884. The first kappa shape index (κ1) is 19.8. The number of hydrogen-bond acceptors (Lipinski definition) is 7. The molecule has 10 heteroatoms. The molecule has 150 valence electrons. The smallest absolute Gasteiger partial charge is 0.330 e. The topological polar surface area (TPSA) is 143 Å². The van der Waals surface area contributed by atoms with Crippen molar-refractivity contribution < 1.29 is 24.5 Å². The van der Waals surface area contributed by atoms with Crippen LogP contribution in [0, 0.1) is 0 Å². The number of aliphatic hydroxyl groups is 2. The van der Waals surface area contributed by atoms with Crippen LogP contribution in [-0.4, -0.2) is 51.6 Å². The molecule has 1 amide bonds. The van der Waals surface area contributed by atoms with E-state index in [-0.39, 0.29) is 18.5 Å². The normalized spacial score (nSPS) is 21.5. The summed E-state index contributed by atoms with van der Waals surface area (Å²) in [4.78, 5) is 38.7. The minimum absolute atomic E-state index is 0.0437. The number of aromatic amines is 1. The van der Waals surface area contributed by atoms with E-state index in [1.54, 1.807) is 24.3 Å². The molecule has 3 atom stereocenters. The lowest BCUT2D eigenvalue weighted by molar-refractivity contribution is -0.0459. The van der Waals surface area contributed by atoms with Gasteiger partial charge in [0.25, 0.3) is 11.5 Å². The Morgan fingerprint density at radius 1 is 1.43 bits per heavy atom. The van der Waals surface area contributed by atoms with E-state index >= 15 is 0 Å². The van der Waals surface area contributed by atoms with Crippen LogP contribution in [-0.2, 0) is 11.3 Å². The van der Waals surface area contributed by atoms with Crippen molar-refractivity contribution >= 4 is 5.91 Å². The first-order valence-corrected chi connectivity index (χ1v) is 8.64. The molecule has 0 spiro atoms. The number of nitrogens with one attached hydrogen (secondary N) is 2.